The normalized spacial score (nSPS) is 24.5. The van der Waals surface area contributed by atoms with Crippen LogP contribution in [0, 0.1) is 0 Å². The summed E-state index contributed by atoms with van der Waals surface area (Å²) in [6, 6.07) is 0.225. The van der Waals surface area contributed by atoms with E-state index >= 15 is 0 Å². The van der Waals surface area contributed by atoms with Crippen molar-refractivity contribution in [1.82, 2.24) is 14.9 Å². The minimum Gasteiger partial charge on any atom is -0.383 e. The molecule has 1 N–H and O–H groups in total. The zero-order valence-electron chi connectivity index (χ0n) is 11.1. The second kappa shape index (κ2) is 5.54. The van der Waals surface area contributed by atoms with E-state index in [1.165, 1.54) is 0 Å². The van der Waals surface area contributed by atoms with Crippen LogP contribution in [0.3, 0.4) is 0 Å². The van der Waals surface area contributed by atoms with Crippen LogP contribution < -0.4 is 4.90 Å². The van der Waals surface area contributed by atoms with E-state index in [4.69, 9.17) is 11.6 Å². The smallest absolute Gasteiger partial charge is 0.251 e. The molecule has 0 saturated carbocycles. The summed E-state index contributed by atoms with van der Waals surface area (Å²) in [5.41, 5.74) is 0. The molecule has 2 aliphatic rings. The van der Waals surface area contributed by atoms with Gasteiger partial charge in [0.2, 0.25) is 5.95 Å². The van der Waals surface area contributed by atoms with Gasteiger partial charge in [-0.05, 0) is 19.3 Å². The molecule has 1 atom stereocenters. The number of amides is 1. The van der Waals surface area contributed by atoms with Crippen molar-refractivity contribution >= 4 is 23.5 Å². The average molecular weight is 297 g/mol. The molecule has 0 spiro atoms. The van der Waals surface area contributed by atoms with Crippen LogP contribution in [0.4, 0.5) is 5.95 Å². The largest absolute Gasteiger partial charge is 0.383 e. The van der Waals surface area contributed by atoms with Gasteiger partial charge < -0.3 is 14.9 Å². The summed E-state index contributed by atoms with van der Waals surface area (Å²) in [7, 11) is 0. The molecule has 0 bridgehead atoms. The molecular formula is C13H17ClN4O2. The van der Waals surface area contributed by atoms with Crippen LogP contribution >= 0.6 is 11.6 Å². The SMILES string of the molecule is O=C1C(O)CCN1C1CCN(c2ncc(Cl)cn2)CC1. The maximum absolute atomic E-state index is 11.8. The Kier molecular flexibility index (Phi) is 3.76. The average Bonchev–Trinajstić information content (AvgIpc) is 2.80. The van der Waals surface area contributed by atoms with Gasteiger partial charge in [0.25, 0.3) is 5.91 Å². The van der Waals surface area contributed by atoms with Crippen molar-refractivity contribution in [1.29, 1.82) is 0 Å². The molecule has 108 valence electrons. The molecule has 1 amide bonds. The molecule has 2 saturated heterocycles. The monoisotopic (exact) mass is 296 g/mol. The summed E-state index contributed by atoms with van der Waals surface area (Å²) in [6.45, 7) is 2.29. The number of anilines is 1. The van der Waals surface area contributed by atoms with Gasteiger partial charge >= 0.3 is 0 Å². The summed E-state index contributed by atoms with van der Waals surface area (Å²) in [6.07, 6.45) is 4.70. The van der Waals surface area contributed by atoms with Crippen molar-refractivity contribution in [2.75, 3.05) is 24.5 Å². The third-order valence-corrected chi connectivity index (χ3v) is 4.20. The van der Waals surface area contributed by atoms with Crippen LogP contribution in [0.5, 0.6) is 0 Å². The molecule has 2 aliphatic heterocycles. The lowest BCUT2D eigenvalue weighted by molar-refractivity contribution is -0.136. The number of carbonyl (C=O) groups excluding carboxylic acids is 1. The number of halogens is 1. The standard InChI is InChI=1S/C13H17ClN4O2/c14-9-7-15-13(16-8-9)17-4-1-10(2-5-17)18-6-3-11(19)12(18)20/h7-8,10-11,19H,1-6H2. The number of nitrogens with zero attached hydrogens (tertiary/aromatic N) is 4. The highest BCUT2D eigenvalue weighted by Gasteiger charge is 2.36. The van der Waals surface area contributed by atoms with Crippen LogP contribution in [-0.4, -0.2) is 57.7 Å². The molecule has 3 rings (SSSR count). The summed E-state index contributed by atoms with van der Waals surface area (Å²) < 4.78 is 0. The first-order valence-electron chi connectivity index (χ1n) is 6.86. The topological polar surface area (TPSA) is 69.6 Å². The number of aromatic nitrogens is 2. The molecule has 3 heterocycles. The molecular weight excluding hydrogens is 280 g/mol. The van der Waals surface area contributed by atoms with Crippen LogP contribution in [0.25, 0.3) is 0 Å². The quantitative estimate of drug-likeness (QED) is 0.870. The van der Waals surface area contributed by atoms with Crippen molar-refractivity contribution in [3.63, 3.8) is 0 Å². The summed E-state index contributed by atoms with van der Waals surface area (Å²) in [5, 5.41) is 10.0. The zero-order chi connectivity index (χ0) is 14.1. The summed E-state index contributed by atoms with van der Waals surface area (Å²) in [5.74, 6) is 0.562. The molecule has 6 nitrogen and oxygen atoms in total. The molecule has 1 aromatic rings. The zero-order valence-corrected chi connectivity index (χ0v) is 11.8. The van der Waals surface area contributed by atoms with Crippen LogP contribution in [0.2, 0.25) is 5.02 Å². The number of carbonyl (C=O) groups is 1. The number of hydrogen-bond donors (Lipinski definition) is 1. The molecule has 0 radical (unpaired) electrons. The van der Waals surface area contributed by atoms with Crippen molar-refractivity contribution < 1.29 is 9.90 Å². The van der Waals surface area contributed by atoms with E-state index in [1.54, 1.807) is 12.4 Å². The number of rotatable bonds is 2. The van der Waals surface area contributed by atoms with Gasteiger partial charge in [-0.3, -0.25) is 4.79 Å². The van der Waals surface area contributed by atoms with E-state index in [0.717, 1.165) is 25.9 Å². The molecule has 1 unspecified atom stereocenters. The Bertz CT molecular complexity index is 488. The predicted octanol–water partition coefficient (Wildman–Crippen LogP) is 0.692. The second-order valence-corrected chi connectivity index (χ2v) is 5.69. The molecule has 20 heavy (non-hydrogen) atoms. The third kappa shape index (κ3) is 2.58. The summed E-state index contributed by atoms with van der Waals surface area (Å²) in [4.78, 5) is 24.2. The fourth-order valence-corrected chi connectivity index (χ4v) is 2.99. The first-order chi connectivity index (χ1) is 9.65. The number of aliphatic hydroxyl groups is 1. The van der Waals surface area contributed by atoms with E-state index in [0.29, 0.717) is 23.9 Å². The second-order valence-electron chi connectivity index (χ2n) is 5.26. The Labute approximate surface area is 122 Å². The van der Waals surface area contributed by atoms with Crippen LogP contribution in [0.15, 0.2) is 12.4 Å². The minimum absolute atomic E-state index is 0.119. The van der Waals surface area contributed by atoms with Gasteiger partial charge in [-0.1, -0.05) is 11.6 Å². The molecule has 2 fully saturated rings. The van der Waals surface area contributed by atoms with Gasteiger partial charge in [-0.25, -0.2) is 9.97 Å². The highest BCUT2D eigenvalue weighted by molar-refractivity contribution is 6.30. The minimum atomic E-state index is -0.798. The maximum atomic E-state index is 11.8. The number of aliphatic hydroxyl groups excluding tert-OH is 1. The fraction of sp³-hybridized carbons (Fsp3) is 0.615. The Morgan fingerprint density at radius 3 is 2.35 bits per heavy atom. The number of piperidine rings is 1. The van der Waals surface area contributed by atoms with Gasteiger partial charge in [0, 0.05) is 25.7 Å². The van der Waals surface area contributed by atoms with Crippen molar-refractivity contribution in [3.8, 4) is 0 Å². The van der Waals surface area contributed by atoms with E-state index in [2.05, 4.69) is 14.9 Å². The third-order valence-electron chi connectivity index (χ3n) is 4.01. The van der Waals surface area contributed by atoms with Crippen LogP contribution in [-0.2, 0) is 4.79 Å². The van der Waals surface area contributed by atoms with Gasteiger partial charge in [-0.2, -0.15) is 0 Å². The molecule has 1 aromatic heterocycles. The van der Waals surface area contributed by atoms with Gasteiger partial charge in [0.05, 0.1) is 17.4 Å². The van der Waals surface area contributed by atoms with E-state index in [1.807, 2.05) is 4.90 Å². The maximum Gasteiger partial charge on any atom is 0.251 e. The predicted molar refractivity (Wildman–Crippen MR) is 74.6 cm³/mol. The van der Waals surface area contributed by atoms with E-state index in [-0.39, 0.29) is 11.9 Å². The van der Waals surface area contributed by atoms with Gasteiger partial charge in [0.1, 0.15) is 6.10 Å². The van der Waals surface area contributed by atoms with Crippen LogP contribution in [0.1, 0.15) is 19.3 Å². The van der Waals surface area contributed by atoms with E-state index in [9.17, 15) is 9.90 Å². The van der Waals surface area contributed by atoms with E-state index < -0.39 is 6.10 Å². The Morgan fingerprint density at radius 2 is 1.80 bits per heavy atom. The fourth-order valence-electron chi connectivity index (χ4n) is 2.90. The molecule has 0 aliphatic carbocycles. The Morgan fingerprint density at radius 1 is 1.15 bits per heavy atom. The lowest BCUT2D eigenvalue weighted by atomic mass is 10.0. The first kappa shape index (κ1) is 13.6. The highest BCUT2D eigenvalue weighted by atomic mass is 35.5. The van der Waals surface area contributed by atoms with Crippen molar-refractivity contribution in [2.24, 2.45) is 0 Å². The molecule has 7 heteroatoms. The molecule has 0 aromatic carbocycles. The highest BCUT2D eigenvalue weighted by Crippen LogP contribution is 2.24. The number of hydrogen-bond acceptors (Lipinski definition) is 5. The lowest BCUT2D eigenvalue weighted by Gasteiger charge is -2.36. The van der Waals surface area contributed by atoms with Crippen molar-refractivity contribution in [3.05, 3.63) is 17.4 Å². The Balaban J connectivity index is 1.59. The first-order valence-corrected chi connectivity index (χ1v) is 7.24. The number of likely N-dealkylation sites (tertiary alicyclic amines) is 1. The Hall–Kier alpha value is -1.40. The summed E-state index contributed by atoms with van der Waals surface area (Å²) >= 11 is 5.78. The van der Waals surface area contributed by atoms with Crippen molar-refractivity contribution in [2.45, 2.75) is 31.4 Å². The lowest BCUT2D eigenvalue weighted by Crippen LogP contribution is -2.46. The van der Waals surface area contributed by atoms with Gasteiger partial charge in [-0.15, -0.1) is 0 Å². The van der Waals surface area contributed by atoms with Gasteiger partial charge in [0.15, 0.2) is 0 Å².